The zero-order chi connectivity index (χ0) is 9.42. The van der Waals surface area contributed by atoms with E-state index in [1.165, 1.54) is 0 Å². The van der Waals surface area contributed by atoms with Gasteiger partial charge in [-0.3, -0.25) is 4.79 Å². The van der Waals surface area contributed by atoms with Crippen LogP contribution in [0.3, 0.4) is 0 Å². The molecule has 1 aromatic rings. The van der Waals surface area contributed by atoms with Crippen LogP contribution in [-0.4, -0.2) is 15.7 Å². The van der Waals surface area contributed by atoms with E-state index in [2.05, 4.69) is 17.3 Å². The summed E-state index contributed by atoms with van der Waals surface area (Å²) in [4.78, 5) is 11.3. The van der Waals surface area contributed by atoms with Crippen LogP contribution < -0.4 is 5.32 Å². The van der Waals surface area contributed by atoms with Crippen molar-refractivity contribution in [2.45, 2.75) is 32.7 Å². The molecule has 1 unspecified atom stereocenters. The predicted molar refractivity (Wildman–Crippen MR) is 56.8 cm³/mol. The smallest absolute Gasteiger partial charge is 0.226 e. The number of rotatable bonds is 1. The second-order valence-corrected chi connectivity index (χ2v) is 3.42. The van der Waals surface area contributed by atoms with Crippen molar-refractivity contribution in [3.63, 3.8) is 0 Å². The minimum absolute atomic E-state index is 0. The highest BCUT2D eigenvalue weighted by Crippen LogP contribution is 2.31. The van der Waals surface area contributed by atoms with Crippen LogP contribution in [0.5, 0.6) is 0 Å². The van der Waals surface area contributed by atoms with E-state index in [0.717, 1.165) is 17.9 Å². The zero-order valence-electron chi connectivity index (χ0n) is 8.28. The molecule has 1 aliphatic rings. The molecule has 78 valence electrons. The fraction of sp³-hybridized carbons (Fsp3) is 0.556. The molecule has 1 atom stereocenters. The Morgan fingerprint density at radius 1 is 1.71 bits per heavy atom. The third-order valence-corrected chi connectivity index (χ3v) is 2.45. The third-order valence-electron chi connectivity index (χ3n) is 2.45. The van der Waals surface area contributed by atoms with Gasteiger partial charge in [0.25, 0.3) is 0 Å². The lowest BCUT2D eigenvalue weighted by atomic mass is 9.97. The van der Waals surface area contributed by atoms with Crippen molar-refractivity contribution in [2.75, 3.05) is 5.32 Å². The van der Waals surface area contributed by atoms with Crippen LogP contribution in [0.2, 0.25) is 0 Å². The summed E-state index contributed by atoms with van der Waals surface area (Å²) in [7, 11) is 0. The van der Waals surface area contributed by atoms with Gasteiger partial charge < -0.3 is 5.32 Å². The molecule has 1 aromatic heterocycles. The number of hydrogen-bond donors (Lipinski definition) is 1. The van der Waals surface area contributed by atoms with E-state index in [-0.39, 0.29) is 18.3 Å². The number of halogens is 1. The van der Waals surface area contributed by atoms with Crippen LogP contribution in [-0.2, 0) is 11.3 Å². The fourth-order valence-electron chi connectivity index (χ4n) is 1.71. The van der Waals surface area contributed by atoms with Crippen molar-refractivity contribution in [3.05, 3.63) is 11.8 Å². The number of carbonyl (C=O) groups is 1. The summed E-state index contributed by atoms with van der Waals surface area (Å²) in [6.07, 6.45) is 2.42. The van der Waals surface area contributed by atoms with Gasteiger partial charge in [0, 0.05) is 18.5 Å². The number of aromatic nitrogens is 2. The molecule has 0 aromatic carbocycles. The van der Waals surface area contributed by atoms with Crippen molar-refractivity contribution in [3.8, 4) is 0 Å². The minimum atomic E-state index is 0. The Labute approximate surface area is 89.1 Å². The molecule has 0 radical (unpaired) electrons. The average molecular weight is 216 g/mol. The Bertz CT molecular complexity index is 348. The van der Waals surface area contributed by atoms with Gasteiger partial charge in [-0.25, -0.2) is 4.68 Å². The van der Waals surface area contributed by atoms with Crippen LogP contribution >= 0.6 is 12.4 Å². The van der Waals surface area contributed by atoms with Gasteiger partial charge in [-0.2, -0.15) is 5.10 Å². The van der Waals surface area contributed by atoms with Gasteiger partial charge in [0.1, 0.15) is 5.82 Å². The Morgan fingerprint density at radius 2 is 2.43 bits per heavy atom. The second kappa shape index (κ2) is 4.00. The molecule has 0 fully saturated rings. The van der Waals surface area contributed by atoms with Crippen LogP contribution in [0.4, 0.5) is 5.82 Å². The highest BCUT2D eigenvalue weighted by Gasteiger charge is 2.24. The van der Waals surface area contributed by atoms with E-state index in [0.29, 0.717) is 12.3 Å². The van der Waals surface area contributed by atoms with E-state index < -0.39 is 0 Å². The number of fused-ring (bicyclic) bond motifs is 1. The molecule has 2 heterocycles. The maximum absolute atomic E-state index is 11.3. The lowest BCUT2D eigenvalue weighted by molar-refractivity contribution is -0.116. The SMILES string of the molecule is CCn1ncc2c1NC(=O)CC2C.Cl. The van der Waals surface area contributed by atoms with Gasteiger partial charge in [0.2, 0.25) is 5.91 Å². The molecule has 0 spiro atoms. The van der Waals surface area contributed by atoms with E-state index in [1.807, 2.05) is 17.8 Å². The number of anilines is 1. The molecule has 1 N–H and O–H groups in total. The Balaban J connectivity index is 0.000000980. The summed E-state index contributed by atoms with van der Waals surface area (Å²) < 4.78 is 1.82. The van der Waals surface area contributed by atoms with E-state index in [4.69, 9.17) is 0 Å². The third kappa shape index (κ3) is 1.62. The number of hydrogen-bond acceptors (Lipinski definition) is 2. The summed E-state index contributed by atoms with van der Waals surface area (Å²) in [5.74, 6) is 1.27. The lowest BCUT2D eigenvalue weighted by Gasteiger charge is -2.19. The topological polar surface area (TPSA) is 46.9 Å². The normalized spacial score (nSPS) is 19.6. The van der Waals surface area contributed by atoms with Crippen molar-refractivity contribution >= 4 is 24.1 Å². The molecule has 0 bridgehead atoms. The predicted octanol–water partition coefficient (Wildman–Crippen LogP) is 1.77. The van der Waals surface area contributed by atoms with Gasteiger partial charge >= 0.3 is 0 Å². The maximum Gasteiger partial charge on any atom is 0.226 e. The number of nitrogens with zero attached hydrogens (tertiary/aromatic N) is 2. The van der Waals surface area contributed by atoms with E-state index in [1.54, 1.807) is 0 Å². The van der Waals surface area contributed by atoms with Crippen molar-refractivity contribution < 1.29 is 4.79 Å². The molecule has 0 aliphatic carbocycles. The van der Waals surface area contributed by atoms with Crippen molar-refractivity contribution in [1.29, 1.82) is 0 Å². The van der Waals surface area contributed by atoms with Gasteiger partial charge in [0.15, 0.2) is 0 Å². The molecule has 2 rings (SSSR count). The molecule has 4 nitrogen and oxygen atoms in total. The Kier molecular flexibility index (Phi) is 3.16. The lowest BCUT2D eigenvalue weighted by Crippen LogP contribution is -2.22. The van der Waals surface area contributed by atoms with Crippen LogP contribution in [0.1, 0.15) is 31.7 Å². The standard InChI is InChI=1S/C9H13N3O.ClH/c1-3-12-9-7(5-10-12)6(2)4-8(13)11-9;/h5-6H,3-4H2,1-2H3,(H,11,13);1H. The largest absolute Gasteiger partial charge is 0.311 e. The number of carbonyl (C=O) groups excluding carboxylic acids is 1. The minimum Gasteiger partial charge on any atom is -0.311 e. The van der Waals surface area contributed by atoms with Gasteiger partial charge in [-0.05, 0) is 12.8 Å². The summed E-state index contributed by atoms with van der Waals surface area (Å²) in [6.45, 7) is 4.86. The monoisotopic (exact) mass is 215 g/mol. The summed E-state index contributed by atoms with van der Waals surface area (Å²) in [5, 5.41) is 7.05. The molecule has 5 heteroatoms. The molecule has 14 heavy (non-hydrogen) atoms. The summed E-state index contributed by atoms with van der Waals surface area (Å²) in [5.41, 5.74) is 1.15. The van der Waals surface area contributed by atoms with Crippen molar-refractivity contribution in [1.82, 2.24) is 9.78 Å². The second-order valence-electron chi connectivity index (χ2n) is 3.42. The van der Waals surface area contributed by atoms with Crippen molar-refractivity contribution in [2.24, 2.45) is 0 Å². The first-order chi connectivity index (χ1) is 6.22. The van der Waals surface area contributed by atoms with Crippen LogP contribution in [0.15, 0.2) is 6.20 Å². The molecule has 0 saturated heterocycles. The maximum atomic E-state index is 11.3. The first-order valence-corrected chi connectivity index (χ1v) is 4.58. The van der Waals surface area contributed by atoms with Gasteiger partial charge in [-0.15, -0.1) is 12.4 Å². The number of aryl methyl sites for hydroxylation is 1. The highest BCUT2D eigenvalue weighted by atomic mass is 35.5. The van der Waals surface area contributed by atoms with E-state index in [9.17, 15) is 4.79 Å². The average Bonchev–Trinajstić information content (AvgIpc) is 2.47. The quantitative estimate of drug-likeness (QED) is 0.776. The van der Waals surface area contributed by atoms with Crippen LogP contribution in [0, 0.1) is 0 Å². The Hall–Kier alpha value is -1.03. The molecule has 0 saturated carbocycles. The zero-order valence-corrected chi connectivity index (χ0v) is 9.10. The Morgan fingerprint density at radius 3 is 3.07 bits per heavy atom. The summed E-state index contributed by atoms with van der Waals surface area (Å²) >= 11 is 0. The molecule has 1 aliphatic heterocycles. The summed E-state index contributed by atoms with van der Waals surface area (Å²) in [6, 6.07) is 0. The van der Waals surface area contributed by atoms with Gasteiger partial charge in [0.05, 0.1) is 6.20 Å². The molecular formula is C9H14ClN3O. The first kappa shape index (κ1) is 11.0. The van der Waals surface area contributed by atoms with Crippen LogP contribution in [0.25, 0.3) is 0 Å². The molecular weight excluding hydrogens is 202 g/mol. The molecule has 1 amide bonds. The van der Waals surface area contributed by atoms with Gasteiger partial charge in [-0.1, -0.05) is 6.92 Å². The number of amides is 1. The highest BCUT2D eigenvalue weighted by molar-refractivity contribution is 5.93. The number of nitrogens with one attached hydrogen (secondary N) is 1. The first-order valence-electron chi connectivity index (χ1n) is 4.58. The fourth-order valence-corrected chi connectivity index (χ4v) is 1.71. The van der Waals surface area contributed by atoms with E-state index >= 15 is 0 Å².